The van der Waals surface area contributed by atoms with Crippen LogP contribution in [0.1, 0.15) is 81.9 Å². The molecule has 8 nitrogen and oxygen atoms in total. The van der Waals surface area contributed by atoms with E-state index in [0.717, 1.165) is 23.1 Å². The van der Waals surface area contributed by atoms with Crippen LogP contribution >= 0.6 is 0 Å². The van der Waals surface area contributed by atoms with Crippen LogP contribution in [0.5, 0.6) is 17.2 Å². The second kappa shape index (κ2) is 14.0. The molecule has 0 bridgehead atoms. The van der Waals surface area contributed by atoms with Crippen molar-refractivity contribution in [3.63, 3.8) is 0 Å². The molecule has 0 heterocycles. The Morgan fingerprint density at radius 3 is 1.85 bits per heavy atom. The smallest absolute Gasteiger partial charge is 0.314 e. The normalized spacial score (nSPS) is 11.7. The number of esters is 2. The lowest BCUT2D eigenvalue weighted by molar-refractivity contribution is -0.160. The molecule has 0 aliphatic carbocycles. The minimum absolute atomic E-state index is 0.197. The fourth-order valence-electron chi connectivity index (χ4n) is 3.42. The second-order valence-corrected chi connectivity index (χ2v) is 11.5. The first-order valence-corrected chi connectivity index (χ1v) is 13.3. The Morgan fingerprint density at radius 2 is 1.32 bits per heavy atom. The maximum absolute atomic E-state index is 12.9. The van der Waals surface area contributed by atoms with Gasteiger partial charge >= 0.3 is 11.9 Å². The summed E-state index contributed by atoms with van der Waals surface area (Å²) in [5.74, 6) is 0.735. The summed E-state index contributed by atoms with van der Waals surface area (Å²) in [5.41, 5.74) is 1.53. The number of hydrogen-bond acceptors (Lipinski definition) is 8. The summed E-state index contributed by atoms with van der Waals surface area (Å²) in [4.78, 5) is 36.8. The van der Waals surface area contributed by atoms with Gasteiger partial charge < -0.3 is 23.7 Å². The first-order chi connectivity index (χ1) is 18.6. The summed E-state index contributed by atoms with van der Waals surface area (Å²) in [6.07, 6.45) is 4.01. The number of ether oxygens (including phenoxy) is 5. The van der Waals surface area contributed by atoms with E-state index in [4.69, 9.17) is 23.7 Å². The lowest BCUT2D eigenvalue weighted by Gasteiger charge is -2.20. The van der Waals surface area contributed by atoms with Gasteiger partial charge in [0.25, 0.3) is 0 Å². The molecule has 0 aliphatic rings. The number of rotatable bonds is 12. The van der Waals surface area contributed by atoms with Crippen LogP contribution in [0, 0.1) is 24.7 Å². The number of aryl methyl sites for hydroxylation is 1. The van der Waals surface area contributed by atoms with Crippen LogP contribution in [0.3, 0.4) is 0 Å². The first kappa shape index (κ1) is 32.4. The van der Waals surface area contributed by atoms with E-state index in [-0.39, 0.29) is 31.3 Å². The summed E-state index contributed by atoms with van der Waals surface area (Å²) in [6.45, 7) is 16.5. The Labute approximate surface area is 237 Å². The molecule has 40 heavy (non-hydrogen) atoms. The van der Waals surface area contributed by atoms with Gasteiger partial charge in [-0.25, -0.2) is 0 Å². The Morgan fingerprint density at radius 1 is 0.775 bits per heavy atom. The molecule has 218 valence electrons. The molecule has 2 aromatic carbocycles. The largest absolute Gasteiger partial charge is 0.493 e. The maximum Gasteiger partial charge on any atom is 0.314 e. The molecular weight excluding hydrogens is 512 g/mol. The van der Waals surface area contributed by atoms with Gasteiger partial charge in [-0.2, -0.15) is 0 Å². The molecule has 2 aromatic rings. The third-order valence-corrected chi connectivity index (χ3v) is 5.71. The maximum atomic E-state index is 12.9. The minimum atomic E-state index is -0.627. The average Bonchev–Trinajstić information content (AvgIpc) is 2.87. The molecule has 0 unspecified atom stereocenters. The van der Waals surface area contributed by atoms with Crippen molar-refractivity contribution < 1.29 is 38.1 Å². The predicted octanol–water partition coefficient (Wildman–Crippen LogP) is 6.84. The SMILES string of the molecule is CCCOc1c(C=CC(=O)c2ccc(OCOC(=O)C(C)(C)C)cc2)cc(C)c(OCOC(=O)C(C)(C)C)c1C. The number of hydrogen-bond donors (Lipinski definition) is 0. The molecule has 0 radical (unpaired) electrons. The molecule has 8 heteroatoms. The van der Waals surface area contributed by atoms with Crippen LogP contribution in [-0.2, 0) is 19.1 Å². The summed E-state index contributed by atoms with van der Waals surface area (Å²) in [6, 6.07) is 8.46. The summed E-state index contributed by atoms with van der Waals surface area (Å²) in [7, 11) is 0. The quantitative estimate of drug-likeness (QED) is 0.122. The highest BCUT2D eigenvalue weighted by atomic mass is 16.7. The van der Waals surface area contributed by atoms with Gasteiger partial charge in [-0.15, -0.1) is 0 Å². The van der Waals surface area contributed by atoms with Crippen LogP contribution in [0.25, 0.3) is 6.08 Å². The Hall–Kier alpha value is -3.81. The Bertz CT molecular complexity index is 1210. The molecule has 0 saturated heterocycles. The van der Waals surface area contributed by atoms with E-state index in [1.807, 2.05) is 26.8 Å². The van der Waals surface area contributed by atoms with Crippen molar-refractivity contribution in [2.75, 3.05) is 20.2 Å². The van der Waals surface area contributed by atoms with Crippen molar-refractivity contribution in [2.24, 2.45) is 10.8 Å². The van der Waals surface area contributed by atoms with E-state index in [9.17, 15) is 14.4 Å². The van der Waals surface area contributed by atoms with E-state index in [1.165, 1.54) is 6.08 Å². The van der Waals surface area contributed by atoms with Crippen molar-refractivity contribution >= 4 is 23.8 Å². The van der Waals surface area contributed by atoms with Gasteiger partial charge in [0.2, 0.25) is 13.6 Å². The van der Waals surface area contributed by atoms with E-state index in [1.54, 1.807) is 71.9 Å². The molecule has 0 aliphatic heterocycles. The van der Waals surface area contributed by atoms with E-state index < -0.39 is 10.8 Å². The molecule has 0 saturated carbocycles. The van der Waals surface area contributed by atoms with Gasteiger partial charge in [-0.05, 0) is 110 Å². The summed E-state index contributed by atoms with van der Waals surface area (Å²) >= 11 is 0. The van der Waals surface area contributed by atoms with E-state index in [2.05, 4.69) is 0 Å². The average molecular weight is 555 g/mol. The molecular formula is C32H42O8. The van der Waals surface area contributed by atoms with Crippen LogP contribution in [0.2, 0.25) is 0 Å². The van der Waals surface area contributed by atoms with Crippen molar-refractivity contribution in [2.45, 2.75) is 68.7 Å². The summed E-state index contributed by atoms with van der Waals surface area (Å²) < 4.78 is 27.7. The molecule has 0 spiro atoms. The Balaban J connectivity index is 2.14. The fraction of sp³-hybridized carbons (Fsp3) is 0.469. The molecule has 0 amide bonds. The van der Waals surface area contributed by atoms with Crippen LogP contribution < -0.4 is 14.2 Å². The standard InChI is InChI=1S/C32H42O8/c1-10-17-36-28-22(3)27(38-20-40-30(35)32(7,8)9)21(2)18-24(28)13-16-26(33)23-11-14-25(15-12-23)37-19-39-29(34)31(4,5)6/h11-16,18H,10,17,19-20H2,1-9H3. The van der Waals surface area contributed by atoms with Crippen molar-refractivity contribution in [1.82, 2.24) is 0 Å². The third kappa shape index (κ3) is 9.43. The van der Waals surface area contributed by atoms with Crippen molar-refractivity contribution in [3.05, 3.63) is 58.7 Å². The monoisotopic (exact) mass is 554 g/mol. The number of carbonyl (C=O) groups excluding carboxylic acids is 3. The number of carbonyl (C=O) groups is 3. The zero-order valence-corrected chi connectivity index (χ0v) is 25.1. The predicted molar refractivity (Wildman–Crippen MR) is 154 cm³/mol. The number of ketones is 1. The highest BCUT2D eigenvalue weighted by Crippen LogP contribution is 2.36. The highest BCUT2D eigenvalue weighted by molar-refractivity contribution is 6.07. The van der Waals surface area contributed by atoms with Gasteiger partial charge in [0.05, 0.1) is 17.4 Å². The Kier molecular flexibility index (Phi) is 11.3. The highest BCUT2D eigenvalue weighted by Gasteiger charge is 2.24. The third-order valence-electron chi connectivity index (χ3n) is 5.71. The lowest BCUT2D eigenvalue weighted by Crippen LogP contribution is -2.24. The van der Waals surface area contributed by atoms with Gasteiger partial charge in [0.1, 0.15) is 17.2 Å². The van der Waals surface area contributed by atoms with Gasteiger partial charge in [0.15, 0.2) is 5.78 Å². The fourth-order valence-corrected chi connectivity index (χ4v) is 3.42. The number of allylic oxidation sites excluding steroid dienone is 1. The van der Waals surface area contributed by atoms with Crippen LogP contribution in [0.4, 0.5) is 0 Å². The van der Waals surface area contributed by atoms with Crippen molar-refractivity contribution in [1.29, 1.82) is 0 Å². The molecule has 0 N–H and O–H groups in total. The van der Waals surface area contributed by atoms with Gasteiger partial charge in [-0.1, -0.05) is 6.92 Å². The zero-order valence-electron chi connectivity index (χ0n) is 25.1. The second-order valence-electron chi connectivity index (χ2n) is 11.5. The zero-order chi connectivity index (χ0) is 30.1. The molecule has 0 atom stereocenters. The van der Waals surface area contributed by atoms with E-state index in [0.29, 0.717) is 29.4 Å². The lowest BCUT2D eigenvalue weighted by atomic mass is 9.97. The molecule has 2 rings (SSSR count). The minimum Gasteiger partial charge on any atom is -0.493 e. The molecule has 0 fully saturated rings. The molecule has 0 aromatic heterocycles. The van der Waals surface area contributed by atoms with Gasteiger partial charge in [0, 0.05) is 16.7 Å². The van der Waals surface area contributed by atoms with Crippen LogP contribution in [0.15, 0.2) is 36.4 Å². The topological polar surface area (TPSA) is 97.4 Å². The van der Waals surface area contributed by atoms with E-state index >= 15 is 0 Å². The number of benzene rings is 2. The van der Waals surface area contributed by atoms with Crippen LogP contribution in [-0.4, -0.2) is 37.9 Å². The first-order valence-electron chi connectivity index (χ1n) is 13.3. The van der Waals surface area contributed by atoms with Crippen molar-refractivity contribution in [3.8, 4) is 17.2 Å². The summed E-state index contributed by atoms with van der Waals surface area (Å²) in [5, 5.41) is 0. The van der Waals surface area contributed by atoms with Gasteiger partial charge in [-0.3, -0.25) is 14.4 Å².